The smallest absolute Gasteiger partial charge is 0.259 e. The number of carbonyl (C=O) groups is 1. The topological polar surface area (TPSA) is 90.4 Å². The van der Waals surface area contributed by atoms with Crippen LogP contribution in [0.2, 0.25) is 0 Å². The summed E-state index contributed by atoms with van der Waals surface area (Å²) in [6, 6.07) is 19.0. The molecule has 0 spiro atoms. The van der Waals surface area contributed by atoms with Crippen molar-refractivity contribution in [3.63, 3.8) is 0 Å². The Morgan fingerprint density at radius 2 is 1.94 bits per heavy atom. The number of ether oxygens (including phenoxy) is 4. The second-order valence-electron chi connectivity index (χ2n) is 7.02. The number of carbonyl (C=O) groups excluding carboxylic acids is 1. The van der Waals surface area contributed by atoms with E-state index in [9.17, 15) is 4.79 Å². The van der Waals surface area contributed by atoms with Gasteiger partial charge in [0, 0.05) is 11.8 Å². The number of hydrogen-bond acceptors (Lipinski definition) is 7. The Kier molecular flexibility index (Phi) is 7.51. The molecule has 4 rings (SSSR count). The van der Waals surface area contributed by atoms with Gasteiger partial charge in [0.1, 0.15) is 6.61 Å². The average molecular weight is 559 g/mol. The van der Waals surface area contributed by atoms with Crippen LogP contribution < -0.4 is 29.7 Å². The molecule has 1 heterocycles. The van der Waals surface area contributed by atoms with Crippen LogP contribution >= 0.6 is 22.6 Å². The van der Waals surface area contributed by atoms with E-state index in [2.05, 4.69) is 38.4 Å². The number of halogens is 1. The lowest BCUT2D eigenvalue weighted by molar-refractivity contribution is -0.119. The van der Waals surface area contributed by atoms with Crippen LogP contribution in [-0.4, -0.2) is 32.6 Å². The van der Waals surface area contributed by atoms with Gasteiger partial charge in [-0.15, -0.1) is 0 Å². The van der Waals surface area contributed by atoms with Crippen molar-refractivity contribution in [2.75, 3.05) is 25.8 Å². The predicted octanol–water partition coefficient (Wildman–Crippen LogP) is 4.17. The number of nitrogens with zero attached hydrogens (tertiary/aromatic N) is 1. The van der Waals surface area contributed by atoms with Crippen LogP contribution in [0.5, 0.6) is 23.0 Å². The van der Waals surface area contributed by atoms with E-state index >= 15 is 0 Å². The Balaban J connectivity index is 1.31. The van der Waals surface area contributed by atoms with Crippen LogP contribution in [0.4, 0.5) is 5.69 Å². The summed E-state index contributed by atoms with van der Waals surface area (Å²) in [4.78, 5) is 12.1. The van der Waals surface area contributed by atoms with Crippen molar-refractivity contribution in [3.05, 3.63) is 75.4 Å². The molecule has 1 amide bonds. The monoisotopic (exact) mass is 559 g/mol. The van der Waals surface area contributed by atoms with Crippen LogP contribution in [0.25, 0.3) is 0 Å². The van der Waals surface area contributed by atoms with Gasteiger partial charge >= 0.3 is 0 Å². The Bertz CT molecular complexity index is 1150. The number of nitrogens with one attached hydrogen (secondary N) is 2. The van der Waals surface area contributed by atoms with Crippen molar-refractivity contribution in [1.29, 1.82) is 0 Å². The highest BCUT2D eigenvalue weighted by Crippen LogP contribution is 2.35. The lowest BCUT2D eigenvalue weighted by Crippen LogP contribution is -2.25. The minimum absolute atomic E-state index is 0.0596. The first-order chi connectivity index (χ1) is 16.1. The Labute approximate surface area is 205 Å². The first-order valence-corrected chi connectivity index (χ1v) is 11.2. The van der Waals surface area contributed by atoms with Crippen LogP contribution in [0, 0.1) is 3.57 Å². The van der Waals surface area contributed by atoms with E-state index in [1.807, 2.05) is 48.5 Å². The normalized spacial score (nSPS) is 11.9. The van der Waals surface area contributed by atoms with Crippen LogP contribution in [-0.2, 0) is 11.4 Å². The molecular weight excluding hydrogens is 537 g/mol. The first kappa shape index (κ1) is 22.7. The van der Waals surface area contributed by atoms with Crippen molar-refractivity contribution in [2.45, 2.75) is 6.61 Å². The summed E-state index contributed by atoms with van der Waals surface area (Å²) >= 11 is 2.19. The zero-order valence-corrected chi connectivity index (χ0v) is 20.0. The van der Waals surface area contributed by atoms with Crippen LogP contribution in [0.15, 0.2) is 65.8 Å². The van der Waals surface area contributed by atoms with Crippen LogP contribution in [0.3, 0.4) is 0 Å². The molecule has 0 bridgehead atoms. The highest BCUT2D eigenvalue weighted by atomic mass is 127. The molecule has 0 unspecified atom stereocenters. The van der Waals surface area contributed by atoms with E-state index in [1.165, 1.54) is 0 Å². The van der Waals surface area contributed by atoms with Gasteiger partial charge in [-0.05, 0) is 58.0 Å². The summed E-state index contributed by atoms with van der Waals surface area (Å²) in [5.41, 5.74) is 5.10. The third-order valence-electron chi connectivity index (χ3n) is 4.71. The molecule has 0 atom stereocenters. The summed E-state index contributed by atoms with van der Waals surface area (Å²) in [6.07, 6.45) is 1.56. The second-order valence-corrected chi connectivity index (χ2v) is 8.19. The Hall–Kier alpha value is -3.47. The van der Waals surface area contributed by atoms with Crippen molar-refractivity contribution in [3.8, 4) is 23.0 Å². The average Bonchev–Trinajstić information content (AvgIpc) is 3.30. The summed E-state index contributed by atoms with van der Waals surface area (Å²) in [5, 5.41) is 7.07. The molecule has 1 aliphatic heterocycles. The van der Waals surface area contributed by atoms with Gasteiger partial charge in [-0.25, -0.2) is 5.43 Å². The summed E-state index contributed by atoms with van der Waals surface area (Å²) in [6.45, 7) is 0.703. The second kappa shape index (κ2) is 10.9. The highest BCUT2D eigenvalue weighted by molar-refractivity contribution is 14.1. The fourth-order valence-electron chi connectivity index (χ4n) is 3.09. The molecule has 0 aliphatic carbocycles. The molecular formula is C24H22IN3O5. The fourth-order valence-corrected chi connectivity index (χ4v) is 3.87. The standard InChI is InChI=1S/C24H22IN3O5/c1-30-22-10-17(9-19(25)24(22)31-14-16-5-3-2-4-6-16)12-27-28-23(29)13-26-18-7-8-20-21(11-18)33-15-32-20/h2-12,26H,13-15H2,1H3,(H,28,29). The molecule has 33 heavy (non-hydrogen) atoms. The van der Waals surface area contributed by atoms with E-state index in [4.69, 9.17) is 18.9 Å². The summed E-state index contributed by atoms with van der Waals surface area (Å²) in [5.74, 6) is 2.31. The van der Waals surface area contributed by atoms with E-state index in [0.29, 0.717) is 29.6 Å². The van der Waals surface area contributed by atoms with Gasteiger partial charge in [-0.1, -0.05) is 30.3 Å². The van der Waals surface area contributed by atoms with E-state index in [1.54, 1.807) is 25.5 Å². The van der Waals surface area contributed by atoms with E-state index in [0.717, 1.165) is 20.4 Å². The molecule has 9 heteroatoms. The molecule has 2 N–H and O–H groups in total. The van der Waals surface area contributed by atoms with Gasteiger partial charge in [0.15, 0.2) is 23.0 Å². The number of hydrazone groups is 1. The lowest BCUT2D eigenvalue weighted by atomic mass is 10.2. The molecule has 8 nitrogen and oxygen atoms in total. The van der Waals surface area contributed by atoms with Crippen LogP contribution in [0.1, 0.15) is 11.1 Å². The quantitative estimate of drug-likeness (QED) is 0.233. The van der Waals surface area contributed by atoms with Crippen molar-refractivity contribution < 1.29 is 23.7 Å². The SMILES string of the molecule is COc1cc(C=NNC(=O)CNc2ccc3c(c2)OCO3)cc(I)c1OCc1ccccc1. The zero-order chi connectivity index (χ0) is 23.0. The molecule has 0 radical (unpaired) electrons. The number of amides is 1. The third kappa shape index (κ3) is 6.07. The van der Waals surface area contributed by atoms with Gasteiger partial charge < -0.3 is 24.3 Å². The lowest BCUT2D eigenvalue weighted by Gasteiger charge is -2.13. The van der Waals surface area contributed by atoms with E-state index < -0.39 is 0 Å². The van der Waals surface area contributed by atoms with Gasteiger partial charge in [0.05, 0.1) is 23.4 Å². The van der Waals surface area contributed by atoms with Gasteiger partial charge in [0.25, 0.3) is 5.91 Å². The first-order valence-electron chi connectivity index (χ1n) is 10.1. The maximum Gasteiger partial charge on any atom is 0.259 e. The Morgan fingerprint density at radius 1 is 1.12 bits per heavy atom. The number of fused-ring (bicyclic) bond motifs is 1. The molecule has 0 aromatic heterocycles. The third-order valence-corrected chi connectivity index (χ3v) is 5.51. The predicted molar refractivity (Wildman–Crippen MR) is 133 cm³/mol. The minimum Gasteiger partial charge on any atom is -0.493 e. The molecule has 3 aromatic rings. The van der Waals surface area contributed by atoms with E-state index in [-0.39, 0.29) is 19.2 Å². The molecule has 0 saturated carbocycles. The minimum atomic E-state index is -0.284. The maximum absolute atomic E-state index is 12.1. The van der Waals surface area contributed by atoms with Crippen molar-refractivity contribution >= 4 is 40.4 Å². The summed E-state index contributed by atoms with van der Waals surface area (Å²) in [7, 11) is 1.59. The largest absolute Gasteiger partial charge is 0.493 e. The number of anilines is 1. The van der Waals surface area contributed by atoms with Gasteiger partial charge in [-0.2, -0.15) is 5.10 Å². The zero-order valence-electron chi connectivity index (χ0n) is 17.8. The molecule has 0 saturated heterocycles. The summed E-state index contributed by atoms with van der Waals surface area (Å²) < 4.78 is 22.9. The number of methoxy groups -OCH3 is 1. The molecule has 3 aromatic carbocycles. The molecule has 0 fully saturated rings. The fraction of sp³-hybridized carbons (Fsp3) is 0.167. The number of benzene rings is 3. The molecule has 1 aliphatic rings. The van der Waals surface area contributed by atoms with Gasteiger partial charge in [0.2, 0.25) is 6.79 Å². The van der Waals surface area contributed by atoms with Crippen molar-refractivity contribution in [2.24, 2.45) is 5.10 Å². The number of rotatable bonds is 9. The van der Waals surface area contributed by atoms with Crippen molar-refractivity contribution in [1.82, 2.24) is 5.43 Å². The molecule has 170 valence electrons. The maximum atomic E-state index is 12.1. The van der Waals surface area contributed by atoms with Gasteiger partial charge in [-0.3, -0.25) is 4.79 Å². The Morgan fingerprint density at radius 3 is 2.76 bits per heavy atom. The highest BCUT2D eigenvalue weighted by Gasteiger charge is 2.14. The number of hydrogen-bond donors (Lipinski definition) is 2.